The molecule has 0 aliphatic carbocycles. The van der Waals surface area contributed by atoms with E-state index in [-0.39, 0.29) is 21.4 Å². The summed E-state index contributed by atoms with van der Waals surface area (Å²) in [5.41, 5.74) is 0.460. The average molecular weight is 354 g/mol. The van der Waals surface area contributed by atoms with Gasteiger partial charge in [0.05, 0.1) is 0 Å². The molecule has 0 bridgehead atoms. The minimum atomic E-state index is -3.72. The van der Waals surface area contributed by atoms with Crippen LogP contribution in [0.2, 0.25) is 0 Å². The van der Waals surface area contributed by atoms with Crippen LogP contribution in [0.3, 0.4) is 0 Å². The highest BCUT2D eigenvalue weighted by Gasteiger charge is 2.23. The number of hydrogen-bond acceptors (Lipinski definition) is 6. The number of aromatic nitrogens is 2. The van der Waals surface area contributed by atoms with Gasteiger partial charge < -0.3 is 0 Å². The average Bonchev–Trinajstić information content (AvgIpc) is 3.03. The van der Waals surface area contributed by atoms with E-state index in [4.69, 9.17) is 0 Å². The maximum Gasteiger partial charge on any atom is 0.270 e. The van der Waals surface area contributed by atoms with Crippen molar-refractivity contribution >= 4 is 32.4 Å². The third-order valence-electron chi connectivity index (χ3n) is 3.20. The zero-order chi connectivity index (χ0) is 16.9. The standard InChI is InChI=1S/C14H18N4O3S2/c1-3-11(4-2)18-23(20,21)14-17-16-13(22-14)15-12(19)10-8-6-5-7-9-10/h5-9,11,18H,3-4H2,1-2H3,(H,15,16,19). The van der Waals surface area contributed by atoms with E-state index in [0.717, 1.165) is 11.3 Å². The first-order chi connectivity index (χ1) is 11.0. The first-order valence-corrected chi connectivity index (χ1v) is 9.48. The first-order valence-electron chi connectivity index (χ1n) is 7.18. The molecule has 1 aromatic heterocycles. The lowest BCUT2D eigenvalue weighted by Gasteiger charge is -2.12. The molecule has 0 aliphatic heterocycles. The molecule has 0 unspecified atom stereocenters. The maximum atomic E-state index is 12.2. The van der Waals surface area contributed by atoms with Gasteiger partial charge in [-0.25, -0.2) is 13.1 Å². The normalized spacial score (nSPS) is 11.6. The number of nitrogens with one attached hydrogen (secondary N) is 2. The lowest BCUT2D eigenvalue weighted by molar-refractivity contribution is 0.102. The summed E-state index contributed by atoms with van der Waals surface area (Å²) >= 11 is 0.821. The Morgan fingerprint density at radius 1 is 1.17 bits per heavy atom. The van der Waals surface area contributed by atoms with Gasteiger partial charge in [0, 0.05) is 11.6 Å². The Labute approximate surface area is 139 Å². The number of sulfonamides is 1. The van der Waals surface area contributed by atoms with Gasteiger partial charge in [-0.05, 0) is 25.0 Å². The van der Waals surface area contributed by atoms with E-state index in [1.165, 1.54) is 0 Å². The predicted molar refractivity (Wildman–Crippen MR) is 89.0 cm³/mol. The second-order valence-electron chi connectivity index (χ2n) is 4.83. The van der Waals surface area contributed by atoms with E-state index < -0.39 is 10.0 Å². The molecule has 1 amide bonds. The number of anilines is 1. The van der Waals surface area contributed by atoms with Gasteiger partial charge in [0.25, 0.3) is 15.9 Å². The third kappa shape index (κ3) is 4.57. The summed E-state index contributed by atoms with van der Waals surface area (Å²) in [5.74, 6) is -0.362. The molecule has 0 spiro atoms. The van der Waals surface area contributed by atoms with Crippen LogP contribution < -0.4 is 10.0 Å². The summed E-state index contributed by atoms with van der Waals surface area (Å²) in [7, 11) is -3.72. The number of benzene rings is 1. The fraction of sp³-hybridized carbons (Fsp3) is 0.357. The van der Waals surface area contributed by atoms with E-state index in [1.807, 2.05) is 13.8 Å². The molecule has 124 valence electrons. The summed E-state index contributed by atoms with van der Waals surface area (Å²) in [6.45, 7) is 3.81. The molecule has 1 aromatic carbocycles. The maximum absolute atomic E-state index is 12.2. The first kappa shape index (κ1) is 17.5. The van der Waals surface area contributed by atoms with E-state index in [9.17, 15) is 13.2 Å². The predicted octanol–water partition coefficient (Wildman–Crippen LogP) is 2.26. The van der Waals surface area contributed by atoms with E-state index in [0.29, 0.717) is 18.4 Å². The zero-order valence-electron chi connectivity index (χ0n) is 12.8. The highest BCUT2D eigenvalue weighted by molar-refractivity contribution is 7.91. The number of nitrogens with zero attached hydrogens (tertiary/aromatic N) is 2. The van der Waals surface area contributed by atoms with Crippen LogP contribution in [-0.4, -0.2) is 30.6 Å². The smallest absolute Gasteiger partial charge is 0.270 e. The summed E-state index contributed by atoms with van der Waals surface area (Å²) in [5, 5.41) is 10.1. The van der Waals surface area contributed by atoms with Gasteiger partial charge in [-0.2, -0.15) is 0 Å². The fourth-order valence-corrected chi connectivity index (χ4v) is 4.17. The molecular weight excluding hydrogens is 336 g/mol. The molecule has 2 rings (SSSR count). The molecule has 0 radical (unpaired) electrons. The molecule has 0 fully saturated rings. The van der Waals surface area contributed by atoms with Crippen LogP contribution in [0.5, 0.6) is 0 Å². The third-order valence-corrected chi connectivity index (χ3v) is 5.93. The van der Waals surface area contributed by atoms with Crippen LogP contribution in [0.1, 0.15) is 37.0 Å². The molecule has 7 nitrogen and oxygen atoms in total. The number of carbonyl (C=O) groups excluding carboxylic acids is 1. The Kier molecular flexibility index (Phi) is 5.80. The Morgan fingerprint density at radius 3 is 2.43 bits per heavy atom. The summed E-state index contributed by atoms with van der Waals surface area (Å²) in [4.78, 5) is 12.0. The van der Waals surface area contributed by atoms with Crippen molar-refractivity contribution in [3.63, 3.8) is 0 Å². The van der Waals surface area contributed by atoms with Crippen molar-refractivity contribution in [1.29, 1.82) is 0 Å². The zero-order valence-corrected chi connectivity index (χ0v) is 14.4. The van der Waals surface area contributed by atoms with E-state index >= 15 is 0 Å². The topological polar surface area (TPSA) is 101 Å². The van der Waals surface area contributed by atoms with Crippen LogP contribution in [0.25, 0.3) is 0 Å². The Bertz CT molecular complexity index is 755. The minimum absolute atomic E-state index is 0.142. The van der Waals surface area contributed by atoms with Crippen molar-refractivity contribution in [3.8, 4) is 0 Å². The Balaban J connectivity index is 2.10. The van der Waals surface area contributed by atoms with E-state index in [1.54, 1.807) is 30.3 Å². The van der Waals surface area contributed by atoms with Crippen molar-refractivity contribution in [3.05, 3.63) is 35.9 Å². The largest absolute Gasteiger partial charge is 0.296 e. The summed E-state index contributed by atoms with van der Waals surface area (Å²) < 4.78 is 26.8. The second-order valence-corrected chi connectivity index (χ2v) is 7.69. The van der Waals surface area contributed by atoms with Crippen molar-refractivity contribution in [2.75, 3.05) is 5.32 Å². The molecule has 0 saturated heterocycles. The van der Waals surface area contributed by atoms with Crippen molar-refractivity contribution in [2.45, 2.75) is 37.1 Å². The molecule has 9 heteroatoms. The minimum Gasteiger partial charge on any atom is -0.296 e. The Morgan fingerprint density at radius 2 is 1.83 bits per heavy atom. The lowest BCUT2D eigenvalue weighted by Crippen LogP contribution is -2.33. The molecule has 0 saturated carbocycles. The van der Waals surface area contributed by atoms with Gasteiger partial charge in [0.15, 0.2) is 0 Å². The monoisotopic (exact) mass is 354 g/mol. The van der Waals surface area contributed by atoms with Crippen molar-refractivity contribution in [2.24, 2.45) is 0 Å². The van der Waals surface area contributed by atoms with Gasteiger partial charge in [0.2, 0.25) is 9.47 Å². The molecule has 2 N–H and O–H groups in total. The lowest BCUT2D eigenvalue weighted by atomic mass is 10.2. The number of hydrogen-bond donors (Lipinski definition) is 2. The number of rotatable bonds is 7. The van der Waals surface area contributed by atoms with Gasteiger partial charge >= 0.3 is 0 Å². The molecule has 1 heterocycles. The van der Waals surface area contributed by atoms with E-state index in [2.05, 4.69) is 20.2 Å². The van der Waals surface area contributed by atoms with Gasteiger partial charge in [-0.1, -0.05) is 43.4 Å². The molecule has 0 atom stereocenters. The molecule has 2 aromatic rings. The van der Waals surface area contributed by atoms with Crippen molar-refractivity contribution < 1.29 is 13.2 Å². The van der Waals surface area contributed by atoms with Crippen LogP contribution in [-0.2, 0) is 10.0 Å². The van der Waals surface area contributed by atoms with Gasteiger partial charge in [-0.15, -0.1) is 10.2 Å². The van der Waals surface area contributed by atoms with Crippen LogP contribution in [0, 0.1) is 0 Å². The number of carbonyl (C=O) groups is 1. The van der Waals surface area contributed by atoms with Crippen molar-refractivity contribution in [1.82, 2.24) is 14.9 Å². The van der Waals surface area contributed by atoms with Gasteiger partial charge in [-0.3, -0.25) is 10.1 Å². The molecule has 0 aliphatic rings. The SMILES string of the molecule is CCC(CC)NS(=O)(=O)c1nnc(NC(=O)c2ccccc2)s1. The fourth-order valence-electron chi connectivity index (χ4n) is 1.85. The van der Waals surface area contributed by atoms with Crippen LogP contribution >= 0.6 is 11.3 Å². The Hall–Kier alpha value is -1.84. The summed E-state index contributed by atoms with van der Waals surface area (Å²) in [6.07, 6.45) is 1.37. The van der Waals surface area contributed by atoms with Crippen LogP contribution in [0.15, 0.2) is 34.7 Å². The molecule has 23 heavy (non-hydrogen) atoms. The van der Waals surface area contributed by atoms with Crippen LogP contribution in [0.4, 0.5) is 5.13 Å². The molecular formula is C14H18N4O3S2. The highest BCUT2D eigenvalue weighted by Crippen LogP contribution is 2.21. The quantitative estimate of drug-likeness (QED) is 0.743. The second kappa shape index (κ2) is 7.62. The van der Waals surface area contributed by atoms with Gasteiger partial charge in [0.1, 0.15) is 0 Å². The number of amides is 1. The highest BCUT2D eigenvalue weighted by atomic mass is 32.2. The summed E-state index contributed by atoms with van der Waals surface area (Å²) in [6, 6.07) is 8.45.